The Balaban J connectivity index is 1.21. The maximum absolute atomic E-state index is 13.9. The number of carbonyl (C=O) groups excluding carboxylic acids is 2. The zero-order chi connectivity index (χ0) is 23.7. The molecule has 2 saturated heterocycles. The van der Waals surface area contributed by atoms with Crippen LogP contribution in [0.5, 0.6) is 5.75 Å². The molecular weight excluding hydrogens is 428 g/mol. The van der Waals surface area contributed by atoms with Gasteiger partial charge in [0, 0.05) is 44.7 Å². The van der Waals surface area contributed by atoms with Gasteiger partial charge in [-0.05, 0) is 86.6 Å². The number of carbonyl (C=O) groups is 2. The van der Waals surface area contributed by atoms with Crippen molar-refractivity contribution in [1.29, 1.82) is 0 Å². The van der Waals surface area contributed by atoms with Crippen molar-refractivity contribution in [3.8, 4) is 5.75 Å². The molecule has 0 aromatic heterocycles. The molecule has 7 nitrogen and oxygen atoms in total. The molecule has 7 heteroatoms. The van der Waals surface area contributed by atoms with Crippen molar-refractivity contribution in [2.75, 3.05) is 46.3 Å². The monoisotopic (exact) mass is 466 g/mol. The minimum absolute atomic E-state index is 0.0243. The maximum atomic E-state index is 13.9. The summed E-state index contributed by atoms with van der Waals surface area (Å²) in [7, 11) is 2.14. The Kier molecular flexibility index (Phi) is 5.23. The van der Waals surface area contributed by atoms with Crippen LogP contribution < -0.4 is 5.32 Å². The fourth-order valence-corrected chi connectivity index (χ4v) is 8.31. The van der Waals surface area contributed by atoms with Crippen LogP contribution in [-0.4, -0.2) is 83.6 Å². The summed E-state index contributed by atoms with van der Waals surface area (Å²) in [6, 6.07) is 5.70. The summed E-state index contributed by atoms with van der Waals surface area (Å²) in [4.78, 5) is 33.2. The molecule has 1 aromatic rings. The molecule has 3 amide bonds. The molecule has 5 atom stereocenters. The number of urea groups is 1. The van der Waals surface area contributed by atoms with Gasteiger partial charge in [0.1, 0.15) is 11.3 Å². The second-order valence-corrected chi connectivity index (χ2v) is 11.7. The molecule has 5 aliphatic rings. The fourth-order valence-electron chi connectivity index (χ4n) is 8.31. The third-order valence-corrected chi connectivity index (χ3v) is 10.3. The number of benzene rings is 1. The number of amides is 3. The number of phenols is 1. The molecule has 0 radical (unpaired) electrons. The van der Waals surface area contributed by atoms with Gasteiger partial charge in [0.2, 0.25) is 0 Å². The molecule has 34 heavy (non-hydrogen) atoms. The number of phenolic OH excluding ortho intramolecular Hbond substituents is 1. The quantitative estimate of drug-likeness (QED) is 0.670. The lowest BCUT2D eigenvalue weighted by Crippen LogP contribution is -2.60. The number of fused-ring (bicyclic) bond motifs is 6. The van der Waals surface area contributed by atoms with Crippen LogP contribution in [-0.2, 0) is 11.2 Å². The number of nitrogens with one attached hydrogen (secondary N) is 1. The Morgan fingerprint density at radius 3 is 2.65 bits per heavy atom. The van der Waals surface area contributed by atoms with Gasteiger partial charge < -0.3 is 15.3 Å². The topological polar surface area (TPSA) is 76.1 Å². The van der Waals surface area contributed by atoms with Crippen LogP contribution >= 0.6 is 0 Å². The Bertz CT molecular complexity index is 1010. The van der Waals surface area contributed by atoms with Crippen molar-refractivity contribution >= 4 is 11.9 Å². The van der Waals surface area contributed by atoms with Crippen molar-refractivity contribution in [3.63, 3.8) is 0 Å². The van der Waals surface area contributed by atoms with Gasteiger partial charge in [-0.15, -0.1) is 0 Å². The largest absolute Gasteiger partial charge is 0.508 e. The van der Waals surface area contributed by atoms with Crippen molar-refractivity contribution in [1.82, 2.24) is 20.0 Å². The molecule has 2 heterocycles. The Hall–Kier alpha value is -2.12. The fraction of sp³-hybridized carbons (Fsp3) is 0.704. The standard InChI is InChI=1S/C27H38N4O3/c1-26-9-7-21-20-6-4-19(32)17-18(20)3-5-22(21)23(26)8-10-27(26)24(33)31(25(34)28-27)16-15-30-13-11-29(2)12-14-30/h4,6,17,21-23,32H,3,5,7-16H2,1-2H3,(H,28,34)/t21?,22?,23?,26-,27?/m0/s1. The third kappa shape index (κ3) is 3.15. The summed E-state index contributed by atoms with van der Waals surface area (Å²) < 4.78 is 0. The summed E-state index contributed by atoms with van der Waals surface area (Å²) >= 11 is 0. The van der Waals surface area contributed by atoms with Gasteiger partial charge in [0.05, 0.1) is 0 Å². The van der Waals surface area contributed by atoms with E-state index in [2.05, 4.69) is 35.2 Å². The number of imide groups is 1. The first kappa shape index (κ1) is 22.4. The van der Waals surface area contributed by atoms with Crippen LogP contribution in [0.1, 0.15) is 56.1 Å². The highest BCUT2D eigenvalue weighted by Crippen LogP contribution is 2.65. The molecule has 0 bridgehead atoms. The van der Waals surface area contributed by atoms with Crippen LogP contribution in [0.15, 0.2) is 18.2 Å². The lowest BCUT2D eigenvalue weighted by molar-refractivity contribution is -0.137. The smallest absolute Gasteiger partial charge is 0.325 e. The maximum Gasteiger partial charge on any atom is 0.325 e. The molecule has 3 aliphatic carbocycles. The highest BCUT2D eigenvalue weighted by molar-refractivity contribution is 6.08. The average Bonchev–Trinajstić information content (AvgIpc) is 3.26. The van der Waals surface area contributed by atoms with E-state index in [1.165, 1.54) is 16.0 Å². The van der Waals surface area contributed by atoms with Crippen LogP contribution in [0.25, 0.3) is 0 Å². The van der Waals surface area contributed by atoms with E-state index in [4.69, 9.17) is 0 Å². The molecule has 2 N–H and O–H groups in total. The first-order chi connectivity index (χ1) is 16.3. The van der Waals surface area contributed by atoms with Gasteiger partial charge in [-0.25, -0.2) is 4.79 Å². The number of piperazine rings is 1. The molecule has 4 fully saturated rings. The lowest BCUT2D eigenvalue weighted by Gasteiger charge is -2.53. The zero-order valence-corrected chi connectivity index (χ0v) is 20.6. The Labute approximate surface area is 202 Å². The number of nitrogens with zero attached hydrogens (tertiary/aromatic N) is 3. The summed E-state index contributed by atoms with van der Waals surface area (Å²) in [6.07, 6.45) is 5.85. The number of likely N-dealkylation sites (N-methyl/N-ethyl adjacent to an activating group) is 1. The van der Waals surface area contributed by atoms with E-state index in [0.717, 1.165) is 71.2 Å². The molecule has 2 aliphatic heterocycles. The number of aromatic hydroxyl groups is 1. The van der Waals surface area contributed by atoms with E-state index in [1.807, 2.05) is 12.1 Å². The number of hydrogen-bond donors (Lipinski definition) is 2. The van der Waals surface area contributed by atoms with Crippen molar-refractivity contribution in [2.24, 2.45) is 17.3 Å². The van der Waals surface area contributed by atoms with Crippen molar-refractivity contribution in [2.45, 2.75) is 56.9 Å². The first-order valence-electron chi connectivity index (χ1n) is 13.2. The summed E-state index contributed by atoms with van der Waals surface area (Å²) in [5.74, 6) is 1.86. The van der Waals surface area contributed by atoms with E-state index in [9.17, 15) is 14.7 Å². The normalized spacial score (nSPS) is 38.1. The molecule has 184 valence electrons. The predicted molar refractivity (Wildman–Crippen MR) is 130 cm³/mol. The second-order valence-electron chi connectivity index (χ2n) is 11.7. The average molecular weight is 467 g/mol. The lowest BCUT2D eigenvalue weighted by atomic mass is 9.52. The van der Waals surface area contributed by atoms with Crippen LogP contribution in [0, 0.1) is 17.3 Å². The van der Waals surface area contributed by atoms with E-state index in [1.54, 1.807) is 0 Å². The molecule has 6 rings (SSSR count). The first-order valence-corrected chi connectivity index (χ1v) is 13.2. The Morgan fingerprint density at radius 2 is 1.85 bits per heavy atom. The van der Waals surface area contributed by atoms with E-state index < -0.39 is 5.54 Å². The minimum atomic E-state index is -0.739. The number of aryl methyl sites for hydroxylation is 1. The van der Waals surface area contributed by atoms with Gasteiger partial charge in [-0.3, -0.25) is 14.6 Å². The van der Waals surface area contributed by atoms with Crippen LogP contribution in [0.4, 0.5) is 4.79 Å². The number of hydrogen-bond acceptors (Lipinski definition) is 5. The Morgan fingerprint density at radius 1 is 1.06 bits per heavy atom. The highest BCUT2D eigenvalue weighted by Gasteiger charge is 2.69. The van der Waals surface area contributed by atoms with Gasteiger partial charge in [0.25, 0.3) is 5.91 Å². The van der Waals surface area contributed by atoms with Crippen molar-refractivity contribution in [3.05, 3.63) is 29.3 Å². The van der Waals surface area contributed by atoms with Crippen LogP contribution in [0.3, 0.4) is 0 Å². The van der Waals surface area contributed by atoms with Crippen molar-refractivity contribution < 1.29 is 14.7 Å². The van der Waals surface area contributed by atoms with Gasteiger partial charge >= 0.3 is 6.03 Å². The summed E-state index contributed by atoms with van der Waals surface area (Å²) in [5.41, 5.74) is 1.75. The highest BCUT2D eigenvalue weighted by atomic mass is 16.3. The minimum Gasteiger partial charge on any atom is -0.508 e. The third-order valence-electron chi connectivity index (χ3n) is 10.3. The molecule has 4 unspecified atom stereocenters. The van der Waals surface area contributed by atoms with Gasteiger partial charge in [-0.1, -0.05) is 13.0 Å². The second kappa shape index (κ2) is 7.95. The molecular formula is C27H38N4O3. The molecule has 2 saturated carbocycles. The van der Waals surface area contributed by atoms with Crippen LogP contribution in [0.2, 0.25) is 0 Å². The summed E-state index contributed by atoms with van der Waals surface area (Å²) in [5, 5.41) is 13.2. The molecule has 1 aromatic carbocycles. The predicted octanol–water partition coefficient (Wildman–Crippen LogP) is 2.79. The van der Waals surface area contributed by atoms with Gasteiger partial charge in [-0.2, -0.15) is 0 Å². The SMILES string of the molecule is CN1CCN(CCN2C(=O)NC3(CCC4C5CCc6cc(O)ccc6C5CC[C@@]43C)C2=O)CC1. The zero-order valence-electron chi connectivity index (χ0n) is 20.6. The number of rotatable bonds is 3. The van der Waals surface area contributed by atoms with E-state index in [-0.39, 0.29) is 17.4 Å². The molecule has 1 spiro atoms. The van der Waals surface area contributed by atoms with E-state index >= 15 is 0 Å². The summed E-state index contributed by atoms with van der Waals surface area (Å²) in [6.45, 7) is 7.60. The van der Waals surface area contributed by atoms with Gasteiger partial charge in [0.15, 0.2) is 0 Å². The van der Waals surface area contributed by atoms with E-state index in [0.29, 0.717) is 30.0 Å².